The summed E-state index contributed by atoms with van der Waals surface area (Å²) < 4.78 is 26.9. The summed E-state index contributed by atoms with van der Waals surface area (Å²) in [6, 6.07) is 5.35. The van der Waals surface area contributed by atoms with Gasteiger partial charge in [-0.25, -0.2) is 12.7 Å². The van der Waals surface area contributed by atoms with Crippen LogP contribution >= 0.6 is 34.5 Å². The molecule has 4 rings (SSSR count). The highest BCUT2D eigenvalue weighted by atomic mass is 35.5. The van der Waals surface area contributed by atoms with Crippen molar-refractivity contribution in [1.82, 2.24) is 24.1 Å². The minimum absolute atomic E-state index is 0.0303. The molecule has 1 saturated heterocycles. The standard InChI is InChI=1S/C15H15Cl2N5O2S2/c1-26(23,24)21-6-2-3-10(8-21)13-18-19-15-22(13)20-14(25-15)9-4-5-11(16)12(17)7-9/h4-5,7,10H,2-3,6,8H2,1H3. The van der Waals surface area contributed by atoms with Crippen LogP contribution in [-0.4, -0.2) is 51.9 Å². The van der Waals surface area contributed by atoms with Crippen molar-refractivity contribution in [3.8, 4) is 10.6 Å². The second-order valence-corrected chi connectivity index (χ2v) is 10.0. The highest BCUT2D eigenvalue weighted by Crippen LogP contribution is 2.33. The van der Waals surface area contributed by atoms with Crippen molar-refractivity contribution in [2.45, 2.75) is 18.8 Å². The number of hydrogen-bond acceptors (Lipinski definition) is 6. The highest BCUT2D eigenvalue weighted by Gasteiger charge is 2.30. The number of benzene rings is 1. The topological polar surface area (TPSA) is 80.5 Å². The number of halogens is 2. The average Bonchev–Trinajstić information content (AvgIpc) is 3.17. The molecule has 0 amide bonds. The molecule has 2 aromatic heterocycles. The molecule has 3 heterocycles. The van der Waals surface area contributed by atoms with Crippen molar-refractivity contribution in [3.05, 3.63) is 34.1 Å². The van der Waals surface area contributed by atoms with E-state index in [2.05, 4.69) is 15.3 Å². The van der Waals surface area contributed by atoms with Gasteiger partial charge in [-0.1, -0.05) is 40.6 Å². The summed E-state index contributed by atoms with van der Waals surface area (Å²) in [5.74, 6) is 0.660. The molecule has 11 heteroatoms. The van der Waals surface area contributed by atoms with Crippen molar-refractivity contribution < 1.29 is 8.42 Å². The van der Waals surface area contributed by atoms with Gasteiger partial charge in [0.25, 0.3) is 0 Å². The molecule has 1 fully saturated rings. The average molecular weight is 432 g/mol. The molecule has 1 aliphatic rings. The van der Waals surface area contributed by atoms with E-state index < -0.39 is 10.0 Å². The lowest BCUT2D eigenvalue weighted by molar-refractivity contribution is 0.309. The minimum Gasteiger partial charge on any atom is -0.213 e. The maximum absolute atomic E-state index is 11.9. The fraction of sp³-hybridized carbons (Fsp3) is 0.400. The molecule has 0 N–H and O–H groups in total. The molecule has 1 aromatic carbocycles. The molecule has 138 valence electrons. The van der Waals surface area contributed by atoms with Crippen LogP contribution < -0.4 is 0 Å². The Morgan fingerprint density at radius 3 is 2.77 bits per heavy atom. The van der Waals surface area contributed by atoms with E-state index in [0.29, 0.717) is 33.9 Å². The summed E-state index contributed by atoms with van der Waals surface area (Å²) in [4.78, 5) is 0.664. The van der Waals surface area contributed by atoms with Crippen LogP contribution in [0.3, 0.4) is 0 Å². The maximum atomic E-state index is 11.9. The van der Waals surface area contributed by atoms with E-state index in [0.717, 1.165) is 23.4 Å². The molecule has 7 nitrogen and oxygen atoms in total. The maximum Gasteiger partial charge on any atom is 0.234 e. The van der Waals surface area contributed by atoms with E-state index in [1.165, 1.54) is 21.9 Å². The molecule has 26 heavy (non-hydrogen) atoms. The van der Waals surface area contributed by atoms with Gasteiger partial charge in [0.15, 0.2) is 5.82 Å². The van der Waals surface area contributed by atoms with Crippen LogP contribution in [0, 0.1) is 0 Å². The summed E-state index contributed by atoms with van der Waals surface area (Å²) in [5.41, 5.74) is 0.849. The number of aromatic nitrogens is 4. The molecular formula is C15H15Cl2N5O2S2. The first kappa shape index (κ1) is 18.1. The molecular weight excluding hydrogens is 417 g/mol. The second-order valence-electron chi connectivity index (χ2n) is 6.25. The van der Waals surface area contributed by atoms with Gasteiger partial charge in [0.05, 0.1) is 16.3 Å². The predicted molar refractivity (Wildman–Crippen MR) is 103 cm³/mol. The largest absolute Gasteiger partial charge is 0.234 e. The highest BCUT2D eigenvalue weighted by molar-refractivity contribution is 7.88. The van der Waals surface area contributed by atoms with Crippen LogP contribution in [0.15, 0.2) is 18.2 Å². The SMILES string of the molecule is CS(=O)(=O)N1CCCC(c2nnc3sc(-c4ccc(Cl)c(Cl)c4)nn23)C1. The van der Waals surface area contributed by atoms with Gasteiger partial charge in [-0.2, -0.15) is 9.61 Å². The van der Waals surface area contributed by atoms with E-state index in [1.807, 2.05) is 6.07 Å². The summed E-state index contributed by atoms with van der Waals surface area (Å²) in [6.45, 7) is 0.947. The number of sulfonamides is 1. The van der Waals surface area contributed by atoms with Crippen molar-refractivity contribution >= 4 is 49.5 Å². The lowest BCUT2D eigenvalue weighted by Gasteiger charge is -2.29. The van der Waals surface area contributed by atoms with Gasteiger partial charge in [0, 0.05) is 24.6 Å². The first-order valence-corrected chi connectivity index (χ1v) is 11.4. The van der Waals surface area contributed by atoms with Crippen LogP contribution in [0.4, 0.5) is 0 Å². The van der Waals surface area contributed by atoms with Gasteiger partial charge in [0.1, 0.15) is 5.01 Å². The molecule has 1 unspecified atom stereocenters. The van der Waals surface area contributed by atoms with Crippen molar-refractivity contribution in [2.75, 3.05) is 19.3 Å². The van der Waals surface area contributed by atoms with Crippen molar-refractivity contribution in [3.63, 3.8) is 0 Å². The van der Waals surface area contributed by atoms with Crippen molar-refractivity contribution in [1.29, 1.82) is 0 Å². The van der Waals surface area contributed by atoms with E-state index in [4.69, 9.17) is 23.2 Å². The van der Waals surface area contributed by atoms with E-state index >= 15 is 0 Å². The van der Waals surface area contributed by atoms with Crippen molar-refractivity contribution in [2.24, 2.45) is 0 Å². The van der Waals surface area contributed by atoms with Gasteiger partial charge in [-0.05, 0) is 25.0 Å². The molecule has 1 aliphatic heterocycles. The van der Waals surface area contributed by atoms with Crippen LogP contribution in [-0.2, 0) is 10.0 Å². The molecule has 3 aromatic rings. The number of fused-ring (bicyclic) bond motifs is 1. The minimum atomic E-state index is -3.22. The first-order chi connectivity index (χ1) is 12.3. The van der Waals surface area contributed by atoms with E-state index in [-0.39, 0.29) is 5.92 Å². The Morgan fingerprint density at radius 2 is 2.04 bits per heavy atom. The van der Waals surface area contributed by atoms with Crippen LogP contribution in [0.25, 0.3) is 15.5 Å². The lowest BCUT2D eigenvalue weighted by atomic mass is 9.99. The number of hydrogen-bond donors (Lipinski definition) is 0. The third-order valence-corrected chi connectivity index (χ3v) is 7.36. The Morgan fingerprint density at radius 1 is 1.23 bits per heavy atom. The zero-order chi connectivity index (χ0) is 18.5. The fourth-order valence-corrected chi connectivity index (χ4v) is 5.14. The normalized spacial score (nSPS) is 19.3. The molecule has 0 spiro atoms. The number of piperidine rings is 1. The quantitative estimate of drug-likeness (QED) is 0.635. The molecule has 0 aliphatic carbocycles. The third-order valence-electron chi connectivity index (χ3n) is 4.40. The van der Waals surface area contributed by atoms with Gasteiger partial charge in [-0.15, -0.1) is 10.2 Å². The molecule has 0 saturated carbocycles. The smallest absolute Gasteiger partial charge is 0.213 e. The lowest BCUT2D eigenvalue weighted by Crippen LogP contribution is -2.38. The summed E-state index contributed by atoms with van der Waals surface area (Å²) in [6.07, 6.45) is 2.88. The summed E-state index contributed by atoms with van der Waals surface area (Å²) >= 11 is 13.5. The van der Waals surface area contributed by atoms with Gasteiger partial charge < -0.3 is 0 Å². The Hall–Kier alpha value is -1.26. The summed E-state index contributed by atoms with van der Waals surface area (Å²) in [5, 5.41) is 14.8. The Labute approximate surface area is 164 Å². The monoisotopic (exact) mass is 431 g/mol. The number of nitrogens with zero attached hydrogens (tertiary/aromatic N) is 5. The van der Waals surface area contributed by atoms with E-state index in [9.17, 15) is 8.42 Å². The van der Waals surface area contributed by atoms with Gasteiger partial charge in [-0.3, -0.25) is 0 Å². The Balaban J connectivity index is 1.69. The van der Waals surface area contributed by atoms with Crippen LogP contribution in [0.2, 0.25) is 10.0 Å². The summed E-state index contributed by atoms with van der Waals surface area (Å²) in [7, 11) is -3.22. The van der Waals surface area contributed by atoms with Gasteiger partial charge >= 0.3 is 0 Å². The van der Waals surface area contributed by atoms with Gasteiger partial charge in [0.2, 0.25) is 15.0 Å². The molecule has 0 radical (unpaired) electrons. The third kappa shape index (κ3) is 3.34. The molecule has 1 atom stereocenters. The van der Waals surface area contributed by atoms with Crippen LogP contribution in [0.5, 0.6) is 0 Å². The zero-order valence-electron chi connectivity index (χ0n) is 13.8. The van der Waals surface area contributed by atoms with Crippen LogP contribution in [0.1, 0.15) is 24.6 Å². The zero-order valence-corrected chi connectivity index (χ0v) is 16.9. The predicted octanol–water partition coefficient (Wildman–Crippen LogP) is 3.30. The Bertz CT molecular complexity index is 1080. The molecule has 0 bridgehead atoms. The Kier molecular flexibility index (Phi) is 4.68. The fourth-order valence-electron chi connectivity index (χ4n) is 3.09. The number of rotatable bonds is 3. The first-order valence-electron chi connectivity index (χ1n) is 7.95. The second kappa shape index (κ2) is 6.72. The van der Waals surface area contributed by atoms with E-state index in [1.54, 1.807) is 16.6 Å².